The van der Waals surface area contributed by atoms with E-state index >= 15 is 0 Å². The van der Waals surface area contributed by atoms with E-state index in [0.29, 0.717) is 0 Å². The summed E-state index contributed by atoms with van der Waals surface area (Å²) in [5.74, 6) is 0. The molecule has 1 unspecified atom stereocenters. The van der Waals surface area contributed by atoms with Crippen LogP contribution in [0.1, 0.15) is 25.8 Å². The number of fused-ring (bicyclic) bond motifs is 1. The molecule has 0 aliphatic rings. The summed E-state index contributed by atoms with van der Waals surface area (Å²) in [6.45, 7) is 4.43. The highest BCUT2D eigenvalue weighted by Crippen LogP contribution is 2.32. The highest BCUT2D eigenvalue weighted by Gasteiger charge is 2.27. The van der Waals surface area contributed by atoms with Crippen molar-refractivity contribution in [1.29, 1.82) is 0 Å². The van der Waals surface area contributed by atoms with Gasteiger partial charge in [0.15, 0.2) is 0 Å². The second-order valence-corrected chi connectivity index (χ2v) is 6.27. The first-order valence-electron chi connectivity index (χ1n) is 8.25. The van der Waals surface area contributed by atoms with Crippen LogP contribution < -0.4 is 0 Å². The molecule has 3 heterocycles. The van der Waals surface area contributed by atoms with Crippen molar-refractivity contribution in [2.24, 2.45) is 0 Å². The van der Waals surface area contributed by atoms with E-state index in [9.17, 15) is 0 Å². The number of aromatic nitrogens is 4. The number of aromatic amines is 1. The van der Waals surface area contributed by atoms with Crippen LogP contribution in [-0.2, 0) is 5.54 Å². The summed E-state index contributed by atoms with van der Waals surface area (Å²) in [4.78, 5) is 7.53. The number of nitrogens with one attached hydrogen (secondary N) is 1. The summed E-state index contributed by atoms with van der Waals surface area (Å²) in [5, 5.41) is 5.81. The Hall–Kier alpha value is -2.88. The number of hydrogen-bond acceptors (Lipinski definition) is 2. The zero-order valence-corrected chi connectivity index (χ0v) is 13.9. The summed E-state index contributed by atoms with van der Waals surface area (Å²) in [5.41, 5.74) is 4.27. The van der Waals surface area contributed by atoms with Crippen LogP contribution in [0.5, 0.6) is 0 Å². The van der Waals surface area contributed by atoms with Crippen molar-refractivity contribution >= 4 is 11.0 Å². The van der Waals surface area contributed by atoms with Crippen LogP contribution in [0.3, 0.4) is 0 Å². The minimum absolute atomic E-state index is 0.163. The van der Waals surface area contributed by atoms with Gasteiger partial charge in [-0.15, -0.1) is 0 Å². The van der Waals surface area contributed by atoms with Gasteiger partial charge < -0.3 is 4.98 Å². The topological polar surface area (TPSA) is 46.5 Å². The standard InChI is InChI=1S/C20H20N4/c1-3-20(2,16-7-5-4-6-8-16)24-14-15(13-23-24)17-9-11-21-19-18(17)10-12-22-19/h4-14H,3H2,1-2H3,(H,21,22). The second kappa shape index (κ2) is 5.64. The summed E-state index contributed by atoms with van der Waals surface area (Å²) in [6.07, 6.45) is 8.80. The monoisotopic (exact) mass is 316 g/mol. The van der Waals surface area contributed by atoms with Crippen molar-refractivity contribution in [3.63, 3.8) is 0 Å². The molecule has 1 aromatic carbocycles. The molecule has 120 valence electrons. The van der Waals surface area contributed by atoms with Crippen LogP contribution in [0.25, 0.3) is 22.2 Å². The highest BCUT2D eigenvalue weighted by atomic mass is 15.3. The lowest BCUT2D eigenvalue weighted by atomic mass is 9.89. The smallest absolute Gasteiger partial charge is 0.137 e. The Bertz CT molecular complexity index is 967. The molecule has 0 spiro atoms. The number of nitrogens with zero attached hydrogens (tertiary/aromatic N) is 3. The molecule has 4 aromatic rings. The van der Waals surface area contributed by atoms with Crippen molar-refractivity contribution < 1.29 is 0 Å². The molecule has 0 fully saturated rings. The van der Waals surface area contributed by atoms with Gasteiger partial charge in [-0.1, -0.05) is 37.3 Å². The fourth-order valence-electron chi connectivity index (χ4n) is 3.24. The van der Waals surface area contributed by atoms with E-state index in [1.807, 2.05) is 30.7 Å². The molecule has 0 saturated heterocycles. The largest absolute Gasteiger partial charge is 0.346 e. The summed E-state index contributed by atoms with van der Waals surface area (Å²) in [6, 6.07) is 14.7. The summed E-state index contributed by atoms with van der Waals surface area (Å²) >= 11 is 0. The zero-order chi connectivity index (χ0) is 16.6. The zero-order valence-electron chi connectivity index (χ0n) is 13.9. The first kappa shape index (κ1) is 14.7. The summed E-state index contributed by atoms with van der Waals surface area (Å²) < 4.78 is 2.08. The molecule has 4 nitrogen and oxygen atoms in total. The first-order valence-corrected chi connectivity index (χ1v) is 8.25. The molecule has 4 rings (SSSR count). The van der Waals surface area contributed by atoms with Crippen LogP contribution in [0, 0.1) is 0 Å². The van der Waals surface area contributed by atoms with Crippen LogP contribution in [0.4, 0.5) is 0 Å². The average Bonchev–Trinajstić information content (AvgIpc) is 3.31. The van der Waals surface area contributed by atoms with Crippen molar-refractivity contribution in [3.05, 3.63) is 72.8 Å². The third kappa shape index (κ3) is 2.22. The first-order chi connectivity index (χ1) is 11.7. The van der Waals surface area contributed by atoms with Gasteiger partial charge >= 0.3 is 0 Å². The molecule has 0 amide bonds. The molecule has 1 N–H and O–H groups in total. The lowest BCUT2D eigenvalue weighted by Crippen LogP contribution is -2.31. The van der Waals surface area contributed by atoms with Crippen LogP contribution in [0.15, 0.2) is 67.3 Å². The Morgan fingerprint density at radius 1 is 1.12 bits per heavy atom. The van der Waals surface area contributed by atoms with E-state index in [-0.39, 0.29) is 5.54 Å². The van der Waals surface area contributed by atoms with E-state index < -0.39 is 0 Å². The quantitative estimate of drug-likeness (QED) is 0.598. The van der Waals surface area contributed by atoms with E-state index in [1.54, 1.807) is 0 Å². The number of H-pyrrole nitrogens is 1. The molecule has 3 aromatic heterocycles. The number of hydrogen-bond donors (Lipinski definition) is 1. The maximum atomic E-state index is 4.69. The lowest BCUT2D eigenvalue weighted by molar-refractivity contribution is 0.341. The van der Waals surface area contributed by atoms with E-state index in [0.717, 1.165) is 28.6 Å². The molecule has 1 atom stereocenters. The molecule has 0 aliphatic carbocycles. The van der Waals surface area contributed by atoms with Gasteiger partial charge in [-0.3, -0.25) is 4.68 Å². The maximum absolute atomic E-state index is 4.69. The Balaban J connectivity index is 1.81. The predicted molar refractivity (Wildman–Crippen MR) is 96.8 cm³/mol. The van der Waals surface area contributed by atoms with Crippen molar-refractivity contribution in [1.82, 2.24) is 19.7 Å². The molecular formula is C20H20N4. The molecule has 0 saturated carbocycles. The average molecular weight is 316 g/mol. The molecule has 24 heavy (non-hydrogen) atoms. The van der Waals surface area contributed by atoms with Gasteiger partial charge in [0.2, 0.25) is 0 Å². The van der Waals surface area contributed by atoms with Gasteiger partial charge in [0.25, 0.3) is 0 Å². The van der Waals surface area contributed by atoms with E-state index in [1.165, 1.54) is 5.56 Å². The fourth-order valence-corrected chi connectivity index (χ4v) is 3.24. The molecule has 0 aliphatic heterocycles. The molecule has 0 bridgehead atoms. The molecular weight excluding hydrogens is 296 g/mol. The number of rotatable bonds is 4. The van der Waals surface area contributed by atoms with Crippen LogP contribution in [0.2, 0.25) is 0 Å². The van der Waals surface area contributed by atoms with Crippen molar-refractivity contribution in [2.45, 2.75) is 25.8 Å². The SMILES string of the molecule is CCC(C)(c1ccccc1)n1cc(-c2ccnc3[nH]ccc23)cn1. The molecule has 4 heteroatoms. The highest BCUT2D eigenvalue weighted by molar-refractivity contribution is 5.92. The lowest BCUT2D eigenvalue weighted by Gasteiger charge is -2.29. The number of benzene rings is 1. The van der Waals surface area contributed by atoms with Gasteiger partial charge in [-0.05, 0) is 36.6 Å². The molecule has 0 radical (unpaired) electrons. The predicted octanol–water partition coefficient (Wildman–Crippen LogP) is 4.60. The maximum Gasteiger partial charge on any atom is 0.137 e. The van der Waals surface area contributed by atoms with Gasteiger partial charge in [0, 0.05) is 29.5 Å². The van der Waals surface area contributed by atoms with Crippen LogP contribution in [-0.4, -0.2) is 19.7 Å². The van der Waals surface area contributed by atoms with Gasteiger partial charge in [0.1, 0.15) is 5.65 Å². The fraction of sp³-hybridized carbons (Fsp3) is 0.200. The number of pyridine rings is 1. The van der Waals surface area contributed by atoms with Crippen molar-refractivity contribution in [2.75, 3.05) is 0 Å². The normalized spacial score (nSPS) is 13.9. The van der Waals surface area contributed by atoms with Gasteiger partial charge in [-0.25, -0.2) is 4.98 Å². The Kier molecular flexibility index (Phi) is 3.45. The minimum Gasteiger partial charge on any atom is -0.346 e. The van der Waals surface area contributed by atoms with Crippen molar-refractivity contribution in [3.8, 4) is 11.1 Å². The summed E-state index contributed by atoms with van der Waals surface area (Å²) in [7, 11) is 0. The second-order valence-electron chi connectivity index (χ2n) is 6.27. The van der Waals surface area contributed by atoms with Gasteiger partial charge in [-0.2, -0.15) is 5.10 Å². The Morgan fingerprint density at radius 2 is 1.96 bits per heavy atom. The Morgan fingerprint density at radius 3 is 2.75 bits per heavy atom. The van der Waals surface area contributed by atoms with E-state index in [4.69, 9.17) is 0 Å². The van der Waals surface area contributed by atoms with E-state index in [2.05, 4.69) is 70.1 Å². The third-order valence-corrected chi connectivity index (χ3v) is 4.94. The minimum atomic E-state index is -0.163. The third-order valence-electron chi connectivity index (χ3n) is 4.94. The Labute approximate surface area is 141 Å². The van der Waals surface area contributed by atoms with Crippen LogP contribution >= 0.6 is 0 Å². The van der Waals surface area contributed by atoms with Gasteiger partial charge in [0.05, 0.1) is 11.7 Å².